The van der Waals surface area contributed by atoms with Crippen molar-refractivity contribution in [1.29, 1.82) is 0 Å². The number of benzene rings is 3. The van der Waals surface area contributed by atoms with Gasteiger partial charge in [-0.2, -0.15) is 0 Å². The number of anilines is 2. The van der Waals surface area contributed by atoms with E-state index in [-0.39, 0.29) is 11.5 Å². The second-order valence-electron chi connectivity index (χ2n) is 13.2. The smallest absolute Gasteiger partial charge is 0.506 e. The molecule has 9 nitrogen and oxygen atoms in total. The fourth-order valence-electron chi connectivity index (χ4n) is 6.38. The molecule has 5 N–H and O–H groups in total. The lowest BCUT2D eigenvalue weighted by atomic mass is 10.0. The third kappa shape index (κ3) is 8.23. The Hall–Kier alpha value is -6.56. The van der Waals surface area contributed by atoms with Crippen molar-refractivity contribution in [1.82, 2.24) is 24.9 Å². The van der Waals surface area contributed by atoms with Crippen molar-refractivity contribution in [3.05, 3.63) is 137 Å². The monoisotopic (exact) mass is 727 g/mol. The van der Waals surface area contributed by atoms with E-state index in [1.54, 1.807) is 24.4 Å². The predicted octanol–water partition coefficient (Wildman–Crippen LogP) is 8.92. The molecular formula is C42H36F3N7O2. The summed E-state index contributed by atoms with van der Waals surface area (Å²) in [4.78, 5) is 22.2. The number of aromatic nitrogens is 5. The van der Waals surface area contributed by atoms with Crippen molar-refractivity contribution in [2.24, 2.45) is 0 Å². The highest BCUT2D eigenvalue weighted by Crippen LogP contribution is 2.30. The van der Waals surface area contributed by atoms with Gasteiger partial charge in [-0.15, -0.1) is 13.2 Å². The van der Waals surface area contributed by atoms with Crippen LogP contribution in [-0.2, 0) is 25.7 Å². The van der Waals surface area contributed by atoms with E-state index < -0.39 is 6.36 Å². The Morgan fingerprint density at radius 2 is 1.09 bits per heavy atom. The van der Waals surface area contributed by atoms with Gasteiger partial charge in [-0.1, -0.05) is 36.4 Å². The van der Waals surface area contributed by atoms with Gasteiger partial charge in [-0.25, -0.2) is 9.97 Å². The van der Waals surface area contributed by atoms with Crippen LogP contribution >= 0.6 is 0 Å². The largest absolute Gasteiger partial charge is 0.573 e. The second kappa shape index (κ2) is 14.8. The minimum atomic E-state index is -4.68. The topological polar surface area (TPSA) is 146 Å². The molecule has 12 heteroatoms. The van der Waals surface area contributed by atoms with Gasteiger partial charge in [-0.3, -0.25) is 15.0 Å². The fourth-order valence-corrected chi connectivity index (χ4v) is 6.38. The standard InChI is InChI=1S/C22H18F3N3O.C20H18N4O/c1-13-2-9-17-18-11-15(12-27-20(18)21(26)28-19(17)10-13)4-3-14-5-7-16(8-6-14)29-22(23,24)25;1-12-2-7-16-17-9-13(3-4-14-5-6-15(25)11-22-14)10-23-19(17)20(21)24-18(16)8-12/h2,5-12H,3-4H2,1H3,(H2,26,28);2,5-11,25H,3-4H2,1H3,(H2,21,24). The van der Waals surface area contributed by atoms with Crippen molar-refractivity contribution < 1.29 is 23.0 Å². The first-order valence-corrected chi connectivity index (χ1v) is 17.3. The van der Waals surface area contributed by atoms with E-state index in [0.717, 1.165) is 84.4 Å². The number of halogens is 3. The molecule has 0 radical (unpaired) electrons. The lowest BCUT2D eigenvalue weighted by molar-refractivity contribution is -0.274. The number of alkyl halides is 3. The molecule has 54 heavy (non-hydrogen) atoms. The Labute approximate surface area is 308 Å². The van der Waals surface area contributed by atoms with Crippen molar-refractivity contribution >= 4 is 55.2 Å². The Morgan fingerprint density at radius 1 is 0.574 bits per heavy atom. The molecule has 8 rings (SSSR count). The number of aryl methyl sites for hydroxylation is 6. The van der Waals surface area contributed by atoms with Gasteiger partial charge < -0.3 is 21.3 Å². The van der Waals surface area contributed by atoms with Crippen molar-refractivity contribution in [3.8, 4) is 11.5 Å². The van der Waals surface area contributed by atoms with Crippen LogP contribution in [0.25, 0.3) is 43.6 Å². The molecular weight excluding hydrogens is 692 g/mol. The van der Waals surface area contributed by atoms with Gasteiger partial charge in [0.05, 0.1) is 17.2 Å². The maximum atomic E-state index is 12.3. The predicted molar refractivity (Wildman–Crippen MR) is 206 cm³/mol. The zero-order valence-corrected chi connectivity index (χ0v) is 29.5. The number of rotatable bonds is 7. The first kappa shape index (κ1) is 35.8. The lowest BCUT2D eigenvalue weighted by Crippen LogP contribution is -2.17. The highest BCUT2D eigenvalue weighted by atomic mass is 19.4. The molecule has 0 fully saturated rings. The number of pyridine rings is 5. The van der Waals surface area contributed by atoms with Gasteiger partial charge in [-0.05, 0) is 116 Å². The Bertz CT molecular complexity index is 2630. The van der Waals surface area contributed by atoms with Crippen LogP contribution in [0, 0.1) is 13.8 Å². The van der Waals surface area contributed by atoms with E-state index in [1.165, 1.54) is 18.3 Å². The summed E-state index contributed by atoms with van der Waals surface area (Å²) in [5.74, 6) is 0.809. The van der Waals surface area contributed by atoms with Crippen molar-refractivity contribution in [3.63, 3.8) is 0 Å². The summed E-state index contributed by atoms with van der Waals surface area (Å²) < 4.78 is 40.7. The molecule has 0 aliphatic carbocycles. The number of hydrogen-bond acceptors (Lipinski definition) is 9. The third-order valence-electron chi connectivity index (χ3n) is 9.08. The molecule has 0 unspecified atom stereocenters. The van der Waals surface area contributed by atoms with Crippen LogP contribution in [0.15, 0.2) is 104 Å². The van der Waals surface area contributed by atoms with Gasteiger partial charge in [0.25, 0.3) is 0 Å². The molecule has 0 bridgehead atoms. The Kier molecular flexibility index (Phi) is 9.83. The molecule has 0 aliphatic rings. The zero-order valence-electron chi connectivity index (χ0n) is 29.5. The molecule has 5 aromatic heterocycles. The van der Waals surface area contributed by atoms with E-state index in [0.29, 0.717) is 30.0 Å². The third-order valence-corrected chi connectivity index (χ3v) is 9.08. The van der Waals surface area contributed by atoms with Crippen molar-refractivity contribution in [2.45, 2.75) is 45.9 Å². The first-order valence-electron chi connectivity index (χ1n) is 17.3. The molecule has 0 spiro atoms. The molecule has 0 atom stereocenters. The molecule has 0 amide bonds. The van der Waals surface area contributed by atoms with Crippen LogP contribution < -0.4 is 16.2 Å². The van der Waals surface area contributed by atoms with E-state index in [9.17, 15) is 18.3 Å². The molecule has 5 heterocycles. The van der Waals surface area contributed by atoms with Gasteiger partial charge in [0.1, 0.15) is 22.5 Å². The highest BCUT2D eigenvalue weighted by molar-refractivity contribution is 6.09. The summed E-state index contributed by atoms with van der Waals surface area (Å²) >= 11 is 0. The molecule has 0 saturated heterocycles. The maximum Gasteiger partial charge on any atom is 0.573 e. The fraction of sp³-hybridized carbons (Fsp3) is 0.167. The number of nitrogens with two attached hydrogens (primary N) is 2. The zero-order chi connectivity index (χ0) is 38.0. The Morgan fingerprint density at radius 3 is 1.59 bits per heavy atom. The normalized spacial score (nSPS) is 11.6. The minimum Gasteiger partial charge on any atom is -0.506 e. The van der Waals surface area contributed by atoms with Crippen LogP contribution in [0.3, 0.4) is 0 Å². The van der Waals surface area contributed by atoms with E-state index in [2.05, 4.69) is 53.9 Å². The average molecular weight is 728 g/mol. The summed E-state index contributed by atoms with van der Waals surface area (Å²) in [6.07, 6.45) is 3.35. The number of nitrogen functional groups attached to an aromatic ring is 2. The number of aromatic hydroxyl groups is 1. The van der Waals surface area contributed by atoms with Gasteiger partial charge in [0.15, 0.2) is 11.6 Å². The van der Waals surface area contributed by atoms with Crippen LogP contribution in [0.1, 0.15) is 33.5 Å². The molecule has 0 aliphatic heterocycles. The minimum absolute atomic E-state index is 0.181. The summed E-state index contributed by atoms with van der Waals surface area (Å²) in [7, 11) is 0. The number of fused-ring (bicyclic) bond motifs is 6. The number of hydrogen-bond donors (Lipinski definition) is 3. The molecule has 272 valence electrons. The maximum absolute atomic E-state index is 12.3. The quantitative estimate of drug-likeness (QED) is 0.137. The molecule has 0 saturated carbocycles. The SMILES string of the molecule is Cc1ccc2c(c1)nc(N)c1ncc(CCc3ccc(O)cn3)cc12.Cc1ccc2c(c1)nc(N)c1ncc(CCc3ccc(OC(F)(F)F)cc3)cc12. The van der Waals surface area contributed by atoms with Gasteiger partial charge >= 0.3 is 6.36 Å². The number of ether oxygens (including phenoxy) is 1. The first-order chi connectivity index (χ1) is 25.9. The van der Waals surface area contributed by atoms with Crippen molar-refractivity contribution in [2.75, 3.05) is 11.5 Å². The summed E-state index contributed by atoms with van der Waals surface area (Å²) in [5.41, 5.74) is 21.5. The van der Waals surface area contributed by atoms with Crippen LogP contribution in [0.4, 0.5) is 24.8 Å². The van der Waals surface area contributed by atoms with Gasteiger partial charge in [0.2, 0.25) is 0 Å². The summed E-state index contributed by atoms with van der Waals surface area (Å²) in [5, 5.41) is 13.3. The van der Waals surface area contributed by atoms with E-state index in [4.69, 9.17) is 11.5 Å². The van der Waals surface area contributed by atoms with E-state index >= 15 is 0 Å². The number of nitrogens with zero attached hydrogens (tertiary/aromatic N) is 5. The lowest BCUT2D eigenvalue weighted by Gasteiger charge is -2.10. The Balaban J connectivity index is 0.000000168. The summed E-state index contributed by atoms with van der Waals surface area (Å²) in [6.45, 7) is 4.04. The summed E-state index contributed by atoms with van der Waals surface area (Å²) in [6, 6.07) is 25.8. The molecule has 8 aromatic rings. The average Bonchev–Trinajstić information content (AvgIpc) is 3.14. The van der Waals surface area contributed by atoms with Gasteiger partial charge in [0, 0.05) is 39.6 Å². The van der Waals surface area contributed by atoms with E-state index in [1.807, 2.05) is 50.4 Å². The van der Waals surface area contributed by atoms with Crippen LogP contribution in [0.2, 0.25) is 0 Å². The second-order valence-corrected chi connectivity index (χ2v) is 13.2. The van der Waals surface area contributed by atoms with Crippen LogP contribution in [0.5, 0.6) is 11.5 Å². The van der Waals surface area contributed by atoms with Crippen LogP contribution in [-0.4, -0.2) is 36.4 Å². The highest BCUT2D eigenvalue weighted by Gasteiger charge is 2.31. The molecule has 3 aromatic carbocycles.